The number of carbonyl (C=O) groups is 1. The van der Waals surface area contributed by atoms with Crippen molar-refractivity contribution in [2.24, 2.45) is 4.99 Å². The number of carbonyl (C=O) groups excluding carboxylic acids is 1. The van der Waals surface area contributed by atoms with E-state index < -0.39 is 0 Å². The van der Waals surface area contributed by atoms with Gasteiger partial charge in [0.05, 0.1) is 6.04 Å². The predicted octanol–water partition coefficient (Wildman–Crippen LogP) is 2.10. The monoisotopic (exact) mass is 344 g/mol. The SMILES string of the molecule is C=CCNC(=NCC(=O)N(C)C)NC1CC(C)(C)Oc2ccccc21. The van der Waals surface area contributed by atoms with Crippen molar-refractivity contribution in [1.82, 2.24) is 15.5 Å². The lowest BCUT2D eigenvalue weighted by Crippen LogP contribution is -2.45. The third kappa shape index (κ3) is 5.24. The topological polar surface area (TPSA) is 66.0 Å². The molecule has 2 rings (SSSR count). The Morgan fingerprint density at radius 3 is 2.84 bits per heavy atom. The molecule has 0 saturated heterocycles. The number of benzene rings is 1. The van der Waals surface area contributed by atoms with E-state index in [-0.39, 0.29) is 24.1 Å². The molecule has 0 spiro atoms. The van der Waals surface area contributed by atoms with E-state index in [1.165, 1.54) is 4.90 Å². The van der Waals surface area contributed by atoms with Crippen LogP contribution in [0.15, 0.2) is 41.9 Å². The van der Waals surface area contributed by atoms with Gasteiger partial charge in [-0.25, -0.2) is 4.99 Å². The zero-order chi connectivity index (χ0) is 18.4. The summed E-state index contributed by atoms with van der Waals surface area (Å²) < 4.78 is 6.06. The van der Waals surface area contributed by atoms with Crippen molar-refractivity contribution < 1.29 is 9.53 Å². The summed E-state index contributed by atoms with van der Waals surface area (Å²) in [6.45, 7) is 8.52. The van der Waals surface area contributed by atoms with E-state index in [0.29, 0.717) is 12.5 Å². The van der Waals surface area contributed by atoms with E-state index >= 15 is 0 Å². The zero-order valence-corrected chi connectivity index (χ0v) is 15.5. The molecule has 0 aliphatic carbocycles. The van der Waals surface area contributed by atoms with Gasteiger partial charge in [0.1, 0.15) is 17.9 Å². The molecule has 1 unspecified atom stereocenters. The molecular weight excluding hydrogens is 316 g/mol. The molecule has 0 saturated carbocycles. The van der Waals surface area contributed by atoms with Gasteiger partial charge in [-0.15, -0.1) is 6.58 Å². The van der Waals surface area contributed by atoms with E-state index in [9.17, 15) is 4.79 Å². The second kappa shape index (κ2) is 8.05. The molecule has 1 aliphatic heterocycles. The fraction of sp³-hybridized carbons (Fsp3) is 0.474. The standard InChI is InChI=1S/C19H28N4O2/c1-6-11-20-18(21-13-17(24)23(4)5)22-15-12-19(2,3)25-16-10-8-7-9-14(15)16/h6-10,15H,1,11-13H2,2-5H3,(H2,20,21,22). The minimum Gasteiger partial charge on any atom is -0.487 e. The Bertz CT molecular complexity index is 653. The zero-order valence-electron chi connectivity index (χ0n) is 15.5. The average Bonchev–Trinajstić information content (AvgIpc) is 2.55. The second-order valence-electron chi connectivity index (χ2n) is 6.92. The summed E-state index contributed by atoms with van der Waals surface area (Å²) in [6, 6.07) is 8.05. The van der Waals surface area contributed by atoms with Crippen molar-refractivity contribution in [2.45, 2.75) is 31.9 Å². The molecule has 0 bridgehead atoms. The Hall–Kier alpha value is -2.50. The van der Waals surface area contributed by atoms with Crippen LogP contribution < -0.4 is 15.4 Å². The largest absolute Gasteiger partial charge is 0.487 e. The van der Waals surface area contributed by atoms with Crippen LogP contribution in [-0.4, -0.2) is 49.6 Å². The van der Waals surface area contributed by atoms with E-state index in [1.807, 2.05) is 18.2 Å². The second-order valence-corrected chi connectivity index (χ2v) is 6.92. The molecule has 0 fully saturated rings. The number of fused-ring (bicyclic) bond motifs is 1. The van der Waals surface area contributed by atoms with Crippen molar-refractivity contribution in [3.63, 3.8) is 0 Å². The van der Waals surface area contributed by atoms with Gasteiger partial charge in [-0.05, 0) is 19.9 Å². The highest BCUT2D eigenvalue weighted by Crippen LogP contribution is 2.39. The molecule has 0 aromatic heterocycles. The Morgan fingerprint density at radius 1 is 1.44 bits per heavy atom. The van der Waals surface area contributed by atoms with E-state index in [4.69, 9.17) is 4.74 Å². The van der Waals surface area contributed by atoms with Gasteiger partial charge in [-0.2, -0.15) is 0 Å². The first-order valence-corrected chi connectivity index (χ1v) is 8.46. The smallest absolute Gasteiger partial charge is 0.243 e. The number of guanidine groups is 1. The Labute approximate surface area is 150 Å². The molecule has 6 heteroatoms. The summed E-state index contributed by atoms with van der Waals surface area (Å²) >= 11 is 0. The number of rotatable bonds is 5. The molecule has 1 heterocycles. The van der Waals surface area contributed by atoms with E-state index in [0.717, 1.165) is 17.7 Å². The van der Waals surface area contributed by atoms with Gasteiger partial charge in [0.25, 0.3) is 0 Å². The normalized spacial score (nSPS) is 18.6. The Morgan fingerprint density at radius 2 is 2.16 bits per heavy atom. The lowest BCUT2D eigenvalue weighted by molar-refractivity contribution is -0.127. The fourth-order valence-corrected chi connectivity index (χ4v) is 2.71. The van der Waals surface area contributed by atoms with Gasteiger partial charge in [-0.1, -0.05) is 24.3 Å². The average molecular weight is 344 g/mol. The highest BCUT2D eigenvalue weighted by Gasteiger charge is 2.33. The van der Waals surface area contributed by atoms with Gasteiger partial charge in [-0.3, -0.25) is 4.79 Å². The summed E-state index contributed by atoms with van der Waals surface area (Å²) in [7, 11) is 3.44. The maximum atomic E-state index is 11.8. The Balaban J connectivity index is 2.20. The first-order valence-electron chi connectivity index (χ1n) is 8.46. The summed E-state index contributed by atoms with van der Waals surface area (Å²) in [5.74, 6) is 1.42. The van der Waals surface area contributed by atoms with E-state index in [1.54, 1.807) is 20.2 Å². The van der Waals surface area contributed by atoms with Crippen LogP contribution in [0.2, 0.25) is 0 Å². The molecule has 1 aliphatic rings. The summed E-state index contributed by atoms with van der Waals surface area (Å²) in [4.78, 5) is 17.8. The molecule has 1 atom stereocenters. The molecular formula is C19H28N4O2. The fourth-order valence-electron chi connectivity index (χ4n) is 2.71. The molecule has 136 valence electrons. The van der Waals surface area contributed by atoms with Crippen LogP contribution in [0, 0.1) is 0 Å². The van der Waals surface area contributed by atoms with Crippen LogP contribution in [0.5, 0.6) is 5.75 Å². The van der Waals surface area contributed by atoms with Crippen molar-refractivity contribution in [1.29, 1.82) is 0 Å². The summed E-state index contributed by atoms with van der Waals surface area (Å²) in [6.07, 6.45) is 2.55. The van der Waals surface area contributed by atoms with Crippen LogP contribution in [-0.2, 0) is 4.79 Å². The molecule has 2 N–H and O–H groups in total. The number of para-hydroxylation sites is 1. The molecule has 6 nitrogen and oxygen atoms in total. The van der Waals surface area contributed by atoms with Crippen LogP contribution in [0.3, 0.4) is 0 Å². The highest BCUT2D eigenvalue weighted by atomic mass is 16.5. The number of ether oxygens (including phenoxy) is 1. The van der Waals surface area contributed by atoms with Gasteiger partial charge in [0.15, 0.2) is 5.96 Å². The molecule has 25 heavy (non-hydrogen) atoms. The maximum Gasteiger partial charge on any atom is 0.243 e. The molecule has 1 aromatic rings. The summed E-state index contributed by atoms with van der Waals surface area (Å²) in [5.41, 5.74) is 0.809. The lowest BCUT2D eigenvalue weighted by Gasteiger charge is -2.38. The number of hydrogen-bond donors (Lipinski definition) is 2. The number of nitrogens with one attached hydrogen (secondary N) is 2. The van der Waals surface area contributed by atoms with Gasteiger partial charge in [0, 0.05) is 32.6 Å². The maximum absolute atomic E-state index is 11.8. The van der Waals surface area contributed by atoms with Crippen LogP contribution in [0.1, 0.15) is 31.9 Å². The third-order valence-electron chi connectivity index (χ3n) is 3.97. The number of amides is 1. The molecule has 0 radical (unpaired) electrons. The van der Waals surface area contributed by atoms with Crippen molar-refractivity contribution >= 4 is 11.9 Å². The molecule has 1 amide bonds. The first kappa shape index (κ1) is 18.8. The first-order chi connectivity index (χ1) is 11.8. The van der Waals surface area contributed by atoms with Gasteiger partial charge < -0.3 is 20.3 Å². The number of likely N-dealkylation sites (N-methyl/N-ethyl adjacent to an activating group) is 1. The number of hydrogen-bond acceptors (Lipinski definition) is 3. The number of aliphatic imine (C=N–C) groups is 1. The van der Waals surface area contributed by atoms with Crippen molar-refractivity contribution in [2.75, 3.05) is 27.2 Å². The van der Waals surface area contributed by atoms with Crippen LogP contribution in [0.4, 0.5) is 0 Å². The van der Waals surface area contributed by atoms with E-state index in [2.05, 4.69) is 42.1 Å². The van der Waals surface area contributed by atoms with Crippen LogP contribution in [0.25, 0.3) is 0 Å². The van der Waals surface area contributed by atoms with Crippen LogP contribution >= 0.6 is 0 Å². The minimum atomic E-state index is -0.283. The third-order valence-corrected chi connectivity index (χ3v) is 3.97. The highest BCUT2D eigenvalue weighted by molar-refractivity contribution is 5.85. The van der Waals surface area contributed by atoms with Crippen molar-refractivity contribution in [3.05, 3.63) is 42.5 Å². The minimum absolute atomic E-state index is 0.0467. The van der Waals surface area contributed by atoms with Gasteiger partial charge >= 0.3 is 0 Å². The molecule has 1 aromatic carbocycles. The van der Waals surface area contributed by atoms with Crippen molar-refractivity contribution in [3.8, 4) is 5.75 Å². The quantitative estimate of drug-likeness (QED) is 0.488. The van der Waals surface area contributed by atoms with Gasteiger partial charge in [0.2, 0.25) is 5.91 Å². The summed E-state index contributed by atoms with van der Waals surface area (Å²) in [5, 5.41) is 6.62. The number of nitrogens with zero attached hydrogens (tertiary/aromatic N) is 2. The predicted molar refractivity (Wildman–Crippen MR) is 101 cm³/mol. The lowest BCUT2D eigenvalue weighted by atomic mass is 9.90. The Kier molecular flexibility index (Phi) is 6.07.